The zero-order valence-electron chi connectivity index (χ0n) is 11.0. The summed E-state index contributed by atoms with van der Waals surface area (Å²) in [6.45, 7) is 3.57. The second kappa shape index (κ2) is 6.23. The predicted molar refractivity (Wildman–Crippen MR) is 69.6 cm³/mol. The van der Waals surface area contributed by atoms with Gasteiger partial charge in [-0.15, -0.1) is 0 Å². The van der Waals surface area contributed by atoms with Gasteiger partial charge in [0, 0.05) is 6.04 Å². The first-order valence-corrected chi connectivity index (χ1v) is 8.07. The van der Waals surface area contributed by atoms with Crippen molar-refractivity contribution in [3.05, 3.63) is 0 Å². The third-order valence-electron chi connectivity index (χ3n) is 3.33. The monoisotopic (exact) mass is 292 g/mol. The predicted octanol–water partition coefficient (Wildman–Crippen LogP) is -0.0280. The molecular weight excluding hydrogens is 272 g/mol. The van der Waals surface area contributed by atoms with E-state index in [0.29, 0.717) is 12.8 Å². The molecule has 0 aromatic rings. The number of sulfone groups is 1. The largest absolute Gasteiger partial charge is 0.480 e. The molecule has 2 amide bonds. The second-order valence-corrected chi connectivity index (χ2v) is 7.15. The first-order chi connectivity index (χ1) is 8.75. The van der Waals surface area contributed by atoms with Crippen molar-refractivity contribution < 1.29 is 23.1 Å². The lowest BCUT2D eigenvalue weighted by Crippen LogP contribution is -2.51. The highest BCUT2D eigenvalue weighted by Crippen LogP contribution is 2.12. The van der Waals surface area contributed by atoms with Crippen LogP contribution in [0.15, 0.2) is 0 Å². The minimum atomic E-state index is -3.07. The fourth-order valence-corrected chi connectivity index (χ4v) is 3.63. The topological polar surface area (TPSA) is 113 Å². The van der Waals surface area contributed by atoms with E-state index in [-0.39, 0.29) is 17.4 Å². The van der Waals surface area contributed by atoms with Gasteiger partial charge in [-0.05, 0) is 12.3 Å². The van der Waals surface area contributed by atoms with Gasteiger partial charge in [0.1, 0.15) is 6.04 Å². The zero-order chi connectivity index (χ0) is 14.6. The molecule has 1 aliphatic heterocycles. The van der Waals surface area contributed by atoms with Gasteiger partial charge in [-0.3, -0.25) is 0 Å². The Morgan fingerprint density at radius 3 is 2.47 bits per heavy atom. The standard InChI is InChI=1S/C11H20N2O5S/c1-3-7(2)9(10(14)15)13-11(16)12-8-4-5-19(17,18)6-8/h7-9H,3-6H2,1-2H3,(H,14,15)(H2,12,13,16)/t7-,8?,9+/m0/s1. The first kappa shape index (κ1) is 15.7. The molecule has 0 aliphatic carbocycles. The number of aliphatic carboxylic acids is 1. The highest BCUT2D eigenvalue weighted by Gasteiger charge is 2.31. The Morgan fingerprint density at radius 2 is 2.05 bits per heavy atom. The van der Waals surface area contributed by atoms with Gasteiger partial charge in [-0.25, -0.2) is 18.0 Å². The molecule has 1 unspecified atom stereocenters. The molecule has 8 heteroatoms. The summed E-state index contributed by atoms with van der Waals surface area (Å²) in [5, 5.41) is 13.9. The molecule has 19 heavy (non-hydrogen) atoms. The van der Waals surface area contributed by atoms with E-state index in [2.05, 4.69) is 10.6 Å². The minimum Gasteiger partial charge on any atom is -0.480 e. The van der Waals surface area contributed by atoms with Gasteiger partial charge in [-0.2, -0.15) is 0 Å². The van der Waals surface area contributed by atoms with Crippen LogP contribution in [0.1, 0.15) is 26.7 Å². The van der Waals surface area contributed by atoms with Gasteiger partial charge in [-0.1, -0.05) is 20.3 Å². The summed E-state index contributed by atoms with van der Waals surface area (Å²) < 4.78 is 22.5. The maximum atomic E-state index is 11.7. The molecule has 1 aliphatic rings. The van der Waals surface area contributed by atoms with Crippen molar-refractivity contribution in [2.75, 3.05) is 11.5 Å². The normalized spacial score (nSPS) is 24.4. The lowest BCUT2D eigenvalue weighted by Gasteiger charge is -2.21. The molecule has 0 aromatic carbocycles. The molecule has 0 bridgehead atoms. The van der Waals surface area contributed by atoms with E-state index >= 15 is 0 Å². The Morgan fingerprint density at radius 1 is 1.42 bits per heavy atom. The van der Waals surface area contributed by atoms with Gasteiger partial charge < -0.3 is 15.7 Å². The van der Waals surface area contributed by atoms with Crippen molar-refractivity contribution in [3.8, 4) is 0 Å². The molecule has 3 atom stereocenters. The molecule has 0 saturated carbocycles. The number of nitrogens with one attached hydrogen (secondary N) is 2. The van der Waals surface area contributed by atoms with Crippen molar-refractivity contribution in [1.82, 2.24) is 10.6 Å². The SMILES string of the molecule is CC[C@H](C)[C@@H](NC(=O)NC1CCS(=O)(=O)C1)C(=O)O. The molecule has 1 saturated heterocycles. The maximum absolute atomic E-state index is 11.7. The highest BCUT2D eigenvalue weighted by atomic mass is 32.2. The quantitative estimate of drug-likeness (QED) is 0.659. The summed E-state index contributed by atoms with van der Waals surface area (Å²) in [6.07, 6.45) is 0.992. The van der Waals surface area contributed by atoms with Crippen molar-refractivity contribution in [1.29, 1.82) is 0 Å². The van der Waals surface area contributed by atoms with E-state index < -0.39 is 33.9 Å². The van der Waals surface area contributed by atoms with Gasteiger partial charge in [0.25, 0.3) is 0 Å². The summed E-state index contributed by atoms with van der Waals surface area (Å²) in [5.41, 5.74) is 0. The fourth-order valence-electron chi connectivity index (χ4n) is 1.96. The van der Waals surface area contributed by atoms with Gasteiger partial charge in [0.15, 0.2) is 9.84 Å². The molecule has 7 nitrogen and oxygen atoms in total. The molecule has 1 heterocycles. The molecule has 0 aromatic heterocycles. The van der Waals surface area contributed by atoms with Gasteiger partial charge in [0.2, 0.25) is 0 Å². The number of hydrogen-bond acceptors (Lipinski definition) is 4. The van der Waals surface area contributed by atoms with Crippen LogP contribution in [0.25, 0.3) is 0 Å². The van der Waals surface area contributed by atoms with Crippen LogP contribution in [-0.4, -0.2) is 49.1 Å². The summed E-state index contributed by atoms with van der Waals surface area (Å²) in [6, 6.07) is -2.03. The van der Waals surface area contributed by atoms with Gasteiger partial charge >= 0.3 is 12.0 Å². The number of amides is 2. The molecule has 110 valence electrons. The van der Waals surface area contributed by atoms with E-state index in [9.17, 15) is 18.0 Å². The van der Waals surface area contributed by atoms with Crippen LogP contribution in [0.3, 0.4) is 0 Å². The van der Waals surface area contributed by atoms with Crippen molar-refractivity contribution in [2.45, 2.75) is 38.8 Å². The molecule has 1 fully saturated rings. The smallest absolute Gasteiger partial charge is 0.326 e. The Bertz CT molecular complexity index is 448. The van der Waals surface area contributed by atoms with Crippen LogP contribution in [0.4, 0.5) is 4.79 Å². The van der Waals surface area contributed by atoms with Crippen molar-refractivity contribution in [2.24, 2.45) is 5.92 Å². The Labute approximate surface area is 112 Å². The van der Waals surface area contributed by atoms with E-state index in [4.69, 9.17) is 5.11 Å². The number of carboxylic acid groups (broad SMARTS) is 1. The molecule has 0 spiro atoms. The number of rotatable bonds is 5. The summed E-state index contributed by atoms with van der Waals surface area (Å²) in [4.78, 5) is 22.7. The fraction of sp³-hybridized carbons (Fsp3) is 0.818. The van der Waals surface area contributed by atoms with Crippen LogP contribution in [0.5, 0.6) is 0 Å². The van der Waals surface area contributed by atoms with Crippen LogP contribution in [0, 0.1) is 5.92 Å². The number of urea groups is 1. The Kier molecular flexibility index (Phi) is 5.16. The Hall–Kier alpha value is -1.31. The average Bonchev–Trinajstić information content (AvgIpc) is 2.64. The first-order valence-electron chi connectivity index (χ1n) is 6.25. The van der Waals surface area contributed by atoms with Crippen molar-refractivity contribution >= 4 is 21.8 Å². The molecule has 1 rings (SSSR count). The van der Waals surface area contributed by atoms with E-state index in [1.165, 1.54) is 0 Å². The summed E-state index contributed by atoms with van der Waals surface area (Å²) in [7, 11) is -3.07. The van der Waals surface area contributed by atoms with Crippen LogP contribution < -0.4 is 10.6 Å². The number of hydrogen-bond donors (Lipinski definition) is 3. The second-order valence-electron chi connectivity index (χ2n) is 4.92. The lowest BCUT2D eigenvalue weighted by molar-refractivity contribution is -0.140. The average molecular weight is 292 g/mol. The highest BCUT2D eigenvalue weighted by molar-refractivity contribution is 7.91. The molecular formula is C11H20N2O5S. The number of carbonyl (C=O) groups is 2. The van der Waals surface area contributed by atoms with Gasteiger partial charge in [0.05, 0.1) is 11.5 Å². The molecule has 3 N–H and O–H groups in total. The van der Waals surface area contributed by atoms with Crippen LogP contribution in [-0.2, 0) is 14.6 Å². The van der Waals surface area contributed by atoms with E-state index in [0.717, 1.165) is 0 Å². The minimum absolute atomic E-state index is 0.0612. The number of carbonyl (C=O) groups excluding carboxylic acids is 1. The summed E-state index contributed by atoms with van der Waals surface area (Å²) in [5.74, 6) is -1.31. The summed E-state index contributed by atoms with van der Waals surface area (Å²) >= 11 is 0. The number of carboxylic acids is 1. The van der Waals surface area contributed by atoms with Crippen LogP contribution >= 0.6 is 0 Å². The molecule has 0 radical (unpaired) electrons. The maximum Gasteiger partial charge on any atom is 0.326 e. The Balaban J connectivity index is 2.52. The van der Waals surface area contributed by atoms with E-state index in [1.54, 1.807) is 6.92 Å². The van der Waals surface area contributed by atoms with Crippen LogP contribution in [0.2, 0.25) is 0 Å². The van der Waals surface area contributed by atoms with E-state index in [1.807, 2.05) is 6.92 Å². The third kappa shape index (κ3) is 4.70. The third-order valence-corrected chi connectivity index (χ3v) is 5.10. The lowest BCUT2D eigenvalue weighted by atomic mass is 9.99. The zero-order valence-corrected chi connectivity index (χ0v) is 11.9. The van der Waals surface area contributed by atoms with Crippen molar-refractivity contribution in [3.63, 3.8) is 0 Å².